The number of halogens is 1. The van der Waals surface area contributed by atoms with Crippen molar-refractivity contribution in [2.45, 2.75) is 0 Å². The van der Waals surface area contributed by atoms with Crippen molar-refractivity contribution in [3.05, 3.63) is 35.2 Å². The van der Waals surface area contributed by atoms with E-state index in [9.17, 15) is 0 Å². The highest BCUT2D eigenvalue weighted by molar-refractivity contribution is 9.10. The summed E-state index contributed by atoms with van der Waals surface area (Å²) in [5, 5.41) is 0. The molecule has 0 bridgehead atoms. The summed E-state index contributed by atoms with van der Waals surface area (Å²) in [5.41, 5.74) is 1.95. The summed E-state index contributed by atoms with van der Waals surface area (Å²) in [6.45, 7) is 0. The summed E-state index contributed by atoms with van der Waals surface area (Å²) in [7, 11) is 1.66. The molecule has 1 aromatic heterocycles. The van der Waals surface area contributed by atoms with Crippen molar-refractivity contribution >= 4 is 15.9 Å². The number of aromatic amines is 1. The maximum atomic E-state index is 5.26. The quantitative estimate of drug-likeness (QED) is 0.893. The lowest BCUT2D eigenvalue weighted by molar-refractivity contribution is 0.416. The van der Waals surface area contributed by atoms with E-state index in [1.807, 2.05) is 18.2 Å². The van der Waals surface area contributed by atoms with Crippen LogP contribution < -0.4 is 4.74 Å². The van der Waals surface area contributed by atoms with Crippen LogP contribution in [-0.2, 0) is 0 Å². The largest absolute Gasteiger partial charge is 0.496 e. The molecule has 1 heterocycles. The molecule has 0 aliphatic rings. The molecular weight excluding hydrogens is 244 g/mol. The molecule has 1 aromatic carbocycles. The molecule has 4 heteroatoms. The van der Waals surface area contributed by atoms with E-state index in [1.54, 1.807) is 19.6 Å². The summed E-state index contributed by atoms with van der Waals surface area (Å²) in [4.78, 5) is 7.02. The average Bonchev–Trinajstić information content (AvgIpc) is 2.70. The number of benzene rings is 1. The number of hydrogen-bond acceptors (Lipinski definition) is 2. The van der Waals surface area contributed by atoms with Crippen LogP contribution in [0.5, 0.6) is 5.75 Å². The maximum Gasteiger partial charge on any atom is 0.128 e. The number of nitrogens with zero attached hydrogens (tertiary/aromatic N) is 1. The second-order valence-electron chi connectivity index (χ2n) is 2.81. The minimum absolute atomic E-state index is 0.831. The SMILES string of the molecule is COc1ccc(Br)cc1-c1cnc[nH]1. The van der Waals surface area contributed by atoms with E-state index in [0.29, 0.717) is 0 Å². The van der Waals surface area contributed by atoms with Gasteiger partial charge < -0.3 is 9.72 Å². The molecule has 0 aliphatic heterocycles. The Kier molecular flexibility index (Phi) is 2.54. The number of rotatable bonds is 2. The van der Waals surface area contributed by atoms with Gasteiger partial charge in [-0.25, -0.2) is 4.98 Å². The van der Waals surface area contributed by atoms with Gasteiger partial charge in [-0.15, -0.1) is 0 Å². The van der Waals surface area contributed by atoms with Gasteiger partial charge in [0.25, 0.3) is 0 Å². The van der Waals surface area contributed by atoms with E-state index in [-0.39, 0.29) is 0 Å². The van der Waals surface area contributed by atoms with Crippen LogP contribution in [-0.4, -0.2) is 17.1 Å². The van der Waals surface area contributed by atoms with Crippen molar-refractivity contribution in [2.75, 3.05) is 7.11 Å². The first kappa shape index (κ1) is 9.27. The van der Waals surface area contributed by atoms with Gasteiger partial charge in [-0.3, -0.25) is 0 Å². The van der Waals surface area contributed by atoms with Crippen LogP contribution in [0.25, 0.3) is 11.3 Å². The van der Waals surface area contributed by atoms with Gasteiger partial charge in [-0.1, -0.05) is 15.9 Å². The van der Waals surface area contributed by atoms with E-state index in [4.69, 9.17) is 4.74 Å². The highest BCUT2D eigenvalue weighted by Crippen LogP contribution is 2.30. The first-order valence-corrected chi connectivity index (χ1v) is 4.93. The number of ether oxygens (including phenoxy) is 1. The molecule has 0 unspecified atom stereocenters. The Morgan fingerprint density at radius 1 is 1.43 bits per heavy atom. The van der Waals surface area contributed by atoms with Crippen molar-refractivity contribution in [1.82, 2.24) is 9.97 Å². The number of hydrogen-bond donors (Lipinski definition) is 1. The normalized spacial score (nSPS) is 10.1. The number of H-pyrrole nitrogens is 1. The van der Waals surface area contributed by atoms with Gasteiger partial charge in [0.15, 0.2) is 0 Å². The Balaban J connectivity index is 2.55. The number of imidazole rings is 1. The van der Waals surface area contributed by atoms with Crippen LogP contribution in [0, 0.1) is 0 Å². The molecule has 2 aromatic rings. The van der Waals surface area contributed by atoms with Gasteiger partial charge in [0, 0.05) is 10.0 Å². The van der Waals surface area contributed by atoms with Crippen molar-refractivity contribution in [1.29, 1.82) is 0 Å². The number of aromatic nitrogens is 2. The molecule has 0 saturated carbocycles. The zero-order valence-electron chi connectivity index (χ0n) is 7.62. The maximum absolute atomic E-state index is 5.26. The molecule has 0 radical (unpaired) electrons. The van der Waals surface area contributed by atoms with E-state index in [2.05, 4.69) is 25.9 Å². The van der Waals surface area contributed by atoms with Gasteiger partial charge in [-0.2, -0.15) is 0 Å². The molecule has 72 valence electrons. The lowest BCUT2D eigenvalue weighted by Gasteiger charge is -2.06. The average molecular weight is 253 g/mol. The minimum atomic E-state index is 0.831. The first-order valence-electron chi connectivity index (χ1n) is 4.13. The molecule has 2 rings (SSSR count). The zero-order valence-corrected chi connectivity index (χ0v) is 9.21. The van der Waals surface area contributed by atoms with E-state index < -0.39 is 0 Å². The Labute approximate surface area is 90.3 Å². The lowest BCUT2D eigenvalue weighted by Crippen LogP contribution is -1.87. The predicted molar refractivity (Wildman–Crippen MR) is 58.3 cm³/mol. The Hall–Kier alpha value is -1.29. The third-order valence-electron chi connectivity index (χ3n) is 1.95. The second kappa shape index (κ2) is 3.84. The van der Waals surface area contributed by atoms with Crippen molar-refractivity contribution < 1.29 is 4.74 Å². The van der Waals surface area contributed by atoms with Crippen LogP contribution in [0.4, 0.5) is 0 Å². The molecule has 1 N–H and O–H groups in total. The molecule has 3 nitrogen and oxygen atoms in total. The Morgan fingerprint density at radius 3 is 2.93 bits per heavy atom. The lowest BCUT2D eigenvalue weighted by atomic mass is 10.1. The van der Waals surface area contributed by atoms with Crippen molar-refractivity contribution in [3.63, 3.8) is 0 Å². The molecular formula is C10H9BrN2O. The molecule has 0 atom stereocenters. The van der Waals surface area contributed by atoms with Crippen molar-refractivity contribution in [2.24, 2.45) is 0 Å². The van der Waals surface area contributed by atoms with Crippen LogP contribution in [0.2, 0.25) is 0 Å². The smallest absolute Gasteiger partial charge is 0.128 e. The topological polar surface area (TPSA) is 37.9 Å². The molecule has 0 fully saturated rings. The standard InChI is InChI=1S/C10H9BrN2O/c1-14-10-3-2-7(11)4-8(10)9-5-12-6-13-9/h2-6H,1H3,(H,12,13). The van der Waals surface area contributed by atoms with Crippen LogP contribution in [0.3, 0.4) is 0 Å². The summed E-state index contributed by atoms with van der Waals surface area (Å²) in [6.07, 6.45) is 3.42. The van der Waals surface area contributed by atoms with Crippen molar-refractivity contribution in [3.8, 4) is 17.0 Å². The molecule has 0 amide bonds. The monoisotopic (exact) mass is 252 g/mol. The molecule has 0 aliphatic carbocycles. The summed E-state index contributed by atoms with van der Waals surface area (Å²) in [5.74, 6) is 0.831. The fraction of sp³-hybridized carbons (Fsp3) is 0.100. The van der Waals surface area contributed by atoms with E-state index in [1.165, 1.54) is 0 Å². The van der Waals surface area contributed by atoms with Gasteiger partial charge in [-0.05, 0) is 18.2 Å². The van der Waals surface area contributed by atoms with Gasteiger partial charge in [0.05, 0.1) is 25.3 Å². The molecule has 0 spiro atoms. The van der Waals surface area contributed by atoms with Gasteiger partial charge in [0.2, 0.25) is 0 Å². The van der Waals surface area contributed by atoms with Crippen LogP contribution in [0.15, 0.2) is 35.2 Å². The van der Waals surface area contributed by atoms with E-state index in [0.717, 1.165) is 21.5 Å². The third-order valence-corrected chi connectivity index (χ3v) is 2.44. The van der Waals surface area contributed by atoms with E-state index >= 15 is 0 Å². The summed E-state index contributed by atoms with van der Waals surface area (Å²) >= 11 is 3.42. The minimum Gasteiger partial charge on any atom is -0.496 e. The summed E-state index contributed by atoms with van der Waals surface area (Å²) < 4.78 is 6.27. The molecule has 14 heavy (non-hydrogen) atoms. The van der Waals surface area contributed by atoms with Crippen LogP contribution in [0.1, 0.15) is 0 Å². The summed E-state index contributed by atoms with van der Waals surface area (Å²) in [6, 6.07) is 5.85. The predicted octanol–water partition coefficient (Wildman–Crippen LogP) is 2.85. The van der Waals surface area contributed by atoms with Gasteiger partial charge in [0.1, 0.15) is 5.75 Å². The Bertz CT molecular complexity index is 426. The highest BCUT2D eigenvalue weighted by Gasteiger charge is 2.06. The number of nitrogens with one attached hydrogen (secondary N) is 1. The van der Waals surface area contributed by atoms with Crippen LogP contribution >= 0.6 is 15.9 Å². The first-order chi connectivity index (χ1) is 6.81. The van der Waals surface area contributed by atoms with Gasteiger partial charge >= 0.3 is 0 Å². The zero-order chi connectivity index (χ0) is 9.97. The Morgan fingerprint density at radius 2 is 2.29 bits per heavy atom. The fourth-order valence-electron chi connectivity index (χ4n) is 1.29. The number of methoxy groups -OCH3 is 1. The highest BCUT2D eigenvalue weighted by atomic mass is 79.9. The molecule has 0 saturated heterocycles. The third kappa shape index (κ3) is 1.65. The second-order valence-corrected chi connectivity index (χ2v) is 3.73. The fourth-order valence-corrected chi connectivity index (χ4v) is 1.65.